The zero-order valence-corrected chi connectivity index (χ0v) is 10.9. The molecule has 0 aliphatic heterocycles. The summed E-state index contributed by atoms with van der Waals surface area (Å²) in [6, 6.07) is 0. The van der Waals surface area contributed by atoms with Crippen LogP contribution >= 0.6 is 0 Å². The second-order valence-corrected chi connectivity index (χ2v) is 5.56. The molecule has 2 fully saturated rings. The normalized spacial score (nSPS) is 43.5. The first-order chi connectivity index (χ1) is 7.99. The molecule has 0 spiro atoms. The lowest BCUT2D eigenvalue weighted by molar-refractivity contribution is -0.153. The third-order valence-electron chi connectivity index (χ3n) is 4.58. The summed E-state index contributed by atoms with van der Waals surface area (Å²) in [6.07, 6.45) is 5.49. The fourth-order valence-corrected chi connectivity index (χ4v) is 3.86. The number of allylic oxidation sites excluding steroid dienone is 1. The maximum absolute atomic E-state index is 11.1. The van der Waals surface area contributed by atoms with Crippen molar-refractivity contribution in [3.05, 3.63) is 11.6 Å². The summed E-state index contributed by atoms with van der Waals surface area (Å²) in [4.78, 5) is 11.1. The summed E-state index contributed by atoms with van der Waals surface area (Å²) in [5, 5.41) is 10.1. The van der Waals surface area contributed by atoms with Gasteiger partial charge in [-0.2, -0.15) is 0 Å². The molecule has 1 unspecified atom stereocenters. The van der Waals surface area contributed by atoms with Crippen molar-refractivity contribution >= 4 is 5.97 Å². The molecule has 0 aromatic heterocycles. The van der Waals surface area contributed by atoms with Crippen LogP contribution in [0.4, 0.5) is 0 Å². The average molecular weight is 238 g/mol. The van der Waals surface area contributed by atoms with Gasteiger partial charge in [0.15, 0.2) is 0 Å². The van der Waals surface area contributed by atoms with E-state index in [9.17, 15) is 9.90 Å². The van der Waals surface area contributed by atoms with Crippen LogP contribution in [0.15, 0.2) is 11.6 Å². The van der Waals surface area contributed by atoms with E-state index in [1.165, 1.54) is 6.92 Å². The number of aliphatic hydroxyl groups excluding tert-OH is 1. The van der Waals surface area contributed by atoms with Crippen molar-refractivity contribution < 1.29 is 14.6 Å². The molecule has 96 valence electrons. The van der Waals surface area contributed by atoms with Crippen LogP contribution in [0.1, 0.15) is 46.5 Å². The summed E-state index contributed by atoms with van der Waals surface area (Å²) < 4.78 is 5.43. The quantitative estimate of drug-likeness (QED) is 0.564. The van der Waals surface area contributed by atoms with E-state index < -0.39 is 0 Å². The molecule has 0 heterocycles. The van der Waals surface area contributed by atoms with Gasteiger partial charge in [-0.1, -0.05) is 13.0 Å². The maximum Gasteiger partial charge on any atom is 0.302 e. The van der Waals surface area contributed by atoms with E-state index in [-0.39, 0.29) is 29.5 Å². The molecule has 4 atom stereocenters. The summed E-state index contributed by atoms with van der Waals surface area (Å²) in [6.45, 7) is 5.66. The molecule has 0 radical (unpaired) electrons. The molecule has 0 aromatic rings. The van der Waals surface area contributed by atoms with Crippen LogP contribution in [0, 0.1) is 11.3 Å². The molecule has 2 aliphatic rings. The van der Waals surface area contributed by atoms with Gasteiger partial charge in [0.2, 0.25) is 0 Å². The second kappa shape index (κ2) is 4.45. The summed E-state index contributed by atoms with van der Waals surface area (Å²) >= 11 is 0. The van der Waals surface area contributed by atoms with Gasteiger partial charge in [-0.05, 0) is 43.6 Å². The third kappa shape index (κ3) is 2.01. The number of ether oxygens (including phenoxy) is 1. The number of hydrogen-bond donors (Lipinski definition) is 1. The molecule has 3 nitrogen and oxygen atoms in total. The number of fused-ring (bicyclic) bond motifs is 1. The van der Waals surface area contributed by atoms with Crippen molar-refractivity contribution in [2.45, 2.75) is 58.7 Å². The predicted octanol–water partition coefficient (Wildman–Crippen LogP) is 2.44. The molecule has 3 heteroatoms. The number of hydrogen-bond acceptors (Lipinski definition) is 3. The lowest BCUT2D eigenvalue weighted by Gasteiger charge is -2.41. The number of esters is 1. The highest BCUT2D eigenvalue weighted by atomic mass is 16.5. The van der Waals surface area contributed by atoms with Crippen LogP contribution in [-0.2, 0) is 9.53 Å². The van der Waals surface area contributed by atoms with Crippen molar-refractivity contribution in [3.63, 3.8) is 0 Å². The fraction of sp³-hybridized carbons (Fsp3) is 0.786. The van der Waals surface area contributed by atoms with E-state index in [0.717, 1.165) is 31.3 Å². The summed E-state index contributed by atoms with van der Waals surface area (Å²) in [5.74, 6) is 0.0732. The fourth-order valence-electron chi connectivity index (χ4n) is 3.86. The summed E-state index contributed by atoms with van der Waals surface area (Å²) in [7, 11) is 0. The van der Waals surface area contributed by atoms with Crippen LogP contribution in [0.5, 0.6) is 0 Å². The smallest absolute Gasteiger partial charge is 0.302 e. The van der Waals surface area contributed by atoms with Crippen molar-refractivity contribution in [2.75, 3.05) is 0 Å². The van der Waals surface area contributed by atoms with Crippen LogP contribution < -0.4 is 0 Å². The lowest BCUT2D eigenvalue weighted by atomic mass is 9.66. The van der Waals surface area contributed by atoms with Gasteiger partial charge in [-0.3, -0.25) is 4.79 Å². The molecule has 0 amide bonds. The standard InChI is InChI=1S/C14H22O3/c1-4-10-12(16)8-11-13(17-9(2)15)6-5-7-14(10,11)3/h4,11-13,16H,5-8H2,1-3H3/b10-4+/t11?,12-,13+,14-/m1/s1. The van der Waals surface area contributed by atoms with Gasteiger partial charge in [0.1, 0.15) is 6.10 Å². The number of carbonyl (C=O) groups excluding carboxylic acids is 1. The van der Waals surface area contributed by atoms with Crippen LogP contribution in [0.2, 0.25) is 0 Å². The minimum absolute atomic E-state index is 0.0154. The van der Waals surface area contributed by atoms with Gasteiger partial charge in [0.25, 0.3) is 0 Å². The van der Waals surface area contributed by atoms with Crippen LogP contribution in [-0.4, -0.2) is 23.3 Å². The average Bonchev–Trinajstić information content (AvgIpc) is 2.49. The Bertz CT molecular complexity index is 347. The highest BCUT2D eigenvalue weighted by molar-refractivity contribution is 5.66. The largest absolute Gasteiger partial charge is 0.462 e. The molecule has 17 heavy (non-hydrogen) atoms. The van der Waals surface area contributed by atoms with Crippen molar-refractivity contribution in [3.8, 4) is 0 Å². The molecule has 0 saturated heterocycles. The first-order valence-electron chi connectivity index (χ1n) is 6.51. The lowest BCUT2D eigenvalue weighted by Crippen LogP contribution is -2.39. The predicted molar refractivity (Wildman–Crippen MR) is 65.4 cm³/mol. The Morgan fingerprint density at radius 3 is 2.88 bits per heavy atom. The number of rotatable bonds is 1. The SMILES string of the molecule is C/C=C1\[C@H](O)CC2[C@@H](OC(C)=O)CCC[C@]12C. The Hall–Kier alpha value is -0.830. The van der Waals surface area contributed by atoms with Crippen LogP contribution in [0.3, 0.4) is 0 Å². The number of aliphatic hydroxyl groups is 1. The van der Waals surface area contributed by atoms with E-state index >= 15 is 0 Å². The van der Waals surface area contributed by atoms with Crippen LogP contribution in [0.25, 0.3) is 0 Å². The molecule has 2 rings (SSSR count). The van der Waals surface area contributed by atoms with Gasteiger partial charge in [-0.25, -0.2) is 0 Å². The van der Waals surface area contributed by atoms with Gasteiger partial charge >= 0.3 is 5.97 Å². The van der Waals surface area contributed by atoms with E-state index in [1.54, 1.807) is 0 Å². The van der Waals surface area contributed by atoms with E-state index in [0.29, 0.717) is 0 Å². The molecule has 2 aliphatic carbocycles. The highest BCUT2D eigenvalue weighted by Gasteiger charge is 2.52. The third-order valence-corrected chi connectivity index (χ3v) is 4.58. The zero-order valence-electron chi connectivity index (χ0n) is 10.9. The Morgan fingerprint density at radius 2 is 2.29 bits per heavy atom. The monoisotopic (exact) mass is 238 g/mol. The van der Waals surface area contributed by atoms with Gasteiger partial charge in [0, 0.05) is 12.8 Å². The first-order valence-corrected chi connectivity index (χ1v) is 6.51. The summed E-state index contributed by atoms with van der Waals surface area (Å²) in [5.41, 5.74) is 1.16. The van der Waals surface area contributed by atoms with E-state index in [4.69, 9.17) is 4.74 Å². The van der Waals surface area contributed by atoms with Crippen molar-refractivity contribution in [1.29, 1.82) is 0 Å². The molecular weight excluding hydrogens is 216 g/mol. The van der Waals surface area contributed by atoms with E-state index in [1.807, 2.05) is 13.0 Å². The molecule has 0 aromatic carbocycles. The Morgan fingerprint density at radius 1 is 1.59 bits per heavy atom. The van der Waals surface area contributed by atoms with Crippen molar-refractivity contribution in [1.82, 2.24) is 0 Å². The minimum Gasteiger partial charge on any atom is -0.462 e. The first kappa shape index (κ1) is 12.6. The molecule has 0 bridgehead atoms. The van der Waals surface area contributed by atoms with Gasteiger partial charge in [-0.15, -0.1) is 0 Å². The minimum atomic E-state index is -0.355. The van der Waals surface area contributed by atoms with Crippen molar-refractivity contribution in [2.24, 2.45) is 11.3 Å². The highest BCUT2D eigenvalue weighted by Crippen LogP contribution is 2.55. The molecule has 2 saturated carbocycles. The topological polar surface area (TPSA) is 46.5 Å². The second-order valence-electron chi connectivity index (χ2n) is 5.56. The zero-order chi connectivity index (χ0) is 12.6. The number of carbonyl (C=O) groups is 1. The Labute approximate surface area is 103 Å². The van der Waals surface area contributed by atoms with Gasteiger partial charge in [0.05, 0.1) is 6.10 Å². The Kier molecular flexibility index (Phi) is 3.30. The Balaban J connectivity index is 2.26. The van der Waals surface area contributed by atoms with E-state index in [2.05, 4.69) is 6.92 Å². The molecule has 1 N–H and O–H groups in total. The van der Waals surface area contributed by atoms with Gasteiger partial charge < -0.3 is 9.84 Å². The molecular formula is C14H22O3. The maximum atomic E-state index is 11.1.